The Morgan fingerprint density at radius 1 is 1.17 bits per heavy atom. The van der Waals surface area contributed by atoms with Crippen molar-refractivity contribution in [3.05, 3.63) is 51.8 Å². The van der Waals surface area contributed by atoms with Crippen molar-refractivity contribution in [1.82, 2.24) is 16.0 Å². The predicted octanol–water partition coefficient (Wildman–Crippen LogP) is 2.45. The van der Waals surface area contributed by atoms with Gasteiger partial charge in [-0.2, -0.15) is 0 Å². The van der Waals surface area contributed by atoms with E-state index >= 15 is 0 Å². The third kappa shape index (κ3) is 3.96. The number of nitrogens with zero attached hydrogens (tertiary/aromatic N) is 1. The van der Waals surface area contributed by atoms with Crippen LogP contribution in [-0.4, -0.2) is 44.2 Å². The summed E-state index contributed by atoms with van der Waals surface area (Å²) in [4.78, 5) is 26.5. The molecule has 3 N–H and O–H groups in total. The Hall–Kier alpha value is -2.39. The molecule has 158 valence electrons. The minimum atomic E-state index is -0.656. The number of likely N-dealkylation sites (N-methyl/N-ethyl adjacent to an activating group) is 1. The molecule has 0 bridgehead atoms. The molecule has 1 unspecified atom stereocenters. The summed E-state index contributed by atoms with van der Waals surface area (Å²) in [7, 11) is 1.60. The molecule has 0 saturated carbocycles. The maximum absolute atomic E-state index is 13.7. The van der Waals surface area contributed by atoms with Gasteiger partial charge in [0.05, 0.1) is 21.8 Å². The van der Waals surface area contributed by atoms with Crippen LogP contribution in [0.4, 0.5) is 10.1 Å². The number of benzene rings is 2. The summed E-state index contributed by atoms with van der Waals surface area (Å²) in [6.07, 6.45) is -0.328. The summed E-state index contributed by atoms with van der Waals surface area (Å²) in [6.45, 7) is 1.15. The Kier molecular flexibility index (Phi) is 5.84. The smallest absolute Gasteiger partial charge is 0.252 e. The van der Waals surface area contributed by atoms with Crippen LogP contribution in [0.2, 0.25) is 10.0 Å². The van der Waals surface area contributed by atoms with Gasteiger partial charge in [0.25, 0.3) is 5.91 Å². The molecule has 0 aromatic heterocycles. The van der Waals surface area contributed by atoms with Gasteiger partial charge in [0.15, 0.2) is 5.75 Å². The van der Waals surface area contributed by atoms with E-state index in [-0.39, 0.29) is 33.4 Å². The molecule has 4 rings (SSSR count). The van der Waals surface area contributed by atoms with Crippen molar-refractivity contribution in [2.45, 2.75) is 18.6 Å². The van der Waals surface area contributed by atoms with Crippen molar-refractivity contribution >= 4 is 40.7 Å². The third-order valence-electron chi connectivity index (χ3n) is 5.06. The van der Waals surface area contributed by atoms with Crippen LogP contribution >= 0.6 is 23.2 Å². The number of halogens is 3. The first kappa shape index (κ1) is 20.9. The van der Waals surface area contributed by atoms with E-state index in [1.165, 1.54) is 17.0 Å². The summed E-state index contributed by atoms with van der Waals surface area (Å²) in [5.74, 6) is -0.661. The van der Waals surface area contributed by atoms with Crippen LogP contribution in [-0.2, 0) is 16.0 Å². The lowest BCUT2D eigenvalue weighted by molar-refractivity contribution is -0.126. The topological polar surface area (TPSA) is 82.7 Å². The van der Waals surface area contributed by atoms with Crippen molar-refractivity contribution < 1.29 is 18.7 Å². The van der Waals surface area contributed by atoms with Gasteiger partial charge in [-0.15, -0.1) is 0 Å². The summed E-state index contributed by atoms with van der Waals surface area (Å²) in [5, 5.41) is 9.34. The number of hydrogen-bond donors (Lipinski definition) is 3. The Morgan fingerprint density at radius 2 is 1.93 bits per heavy atom. The van der Waals surface area contributed by atoms with E-state index in [4.69, 9.17) is 27.9 Å². The van der Waals surface area contributed by atoms with E-state index in [0.717, 1.165) is 11.6 Å². The molecule has 0 aliphatic carbocycles. The minimum absolute atomic E-state index is 0.0936. The Labute approximate surface area is 182 Å². The van der Waals surface area contributed by atoms with Crippen LogP contribution in [0.15, 0.2) is 30.3 Å². The zero-order chi connectivity index (χ0) is 21.4. The molecule has 2 aliphatic heterocycles. The molecule has 2 aliphatic rings. The molecular weight excluding hydrogens is 434 g/mol. The third-order valence-corrected chi connectivity index (χ3v) is 5.67. The number of hydrogen-bond acceptors (Lipinski definition) is 5. The zero-order valence-electron chi connectivity index (χ0n) is 16.0. The molecule has 7 nitrogen and oxygen atoms in total. The van der Waals surface area contributed by atoms with Crippen molar-refractivity contribution in [3.8, 4) is 11.5 Å². The lowest BCUT2D eigenvalue weighted by Gasteiger charge is -2.36. The van der Waals surface area contributed by atoms with Gasteiger partial charge < -0.3 is 15.0 Å². The maximum atomic E-state index is 13.7. The Balaban J connectivity index is 1.65. The molecule has 2 atom stereocenters. The second-order valence-electron chi connectivity index (χ2n) is 7.06. The molecule has 10 heteroatoms. The van der Waals surface area contributed by atoms with Crippen molar-refractivity contribution in [2.24, 2.45) is 0 Å². The number of nitrogens with one attached hydrogen (secondary N) is 3. The van der Waals surface area contributed by atoms with Crippen LogP contribution in [0.3, 0.4) is 0 Å². The van der Waals surface area contributed by atoms with E-state index in [9.17, 15) is 14.0 Å². The highest BCUT2D eigenvalue weighted by molar-refractivity contribution is 6.33. The number of ether oxygens (including phenoxy) is 1. The van der Waals surface area contributed by atoms with E-state index in [0.29, 0.717) is 25.2 Å². The molecule has 0 radical (unpaired) electrons. The van der Waals surface area contributed by atoms with Crippen molar-refractivity contribution in [1.29, 1.82) is 0 Å². The minimum Gasteiger partial charge on any atom is -0.452 e. The zero-order valence-corrected chi connectivity index (χ0v) is 17.5. The second-order valence-corrected chi connectivity index (χ2v) is 7.87. The fraction of sp³-hybridized carbons (Fsp3) is 0.300. The fourth-order valence-corrected chi connectivity index (χ4v) is 3.94. The van der Waals surface area contributed by atoms with Crippen LogP contribution in [0.25, 0.3) is 0 Å². The lowest BCUT2D eigenvalue weighted by Crippen LogP contribution is -2.64. The summed E-state index contributed by atoms with van der Waals surface area (Å²) >= 11 is 12.5. The summed E-state index contributed by atoms with van der Waals surface area (Å²) in [6, 6.07) is 6.58. The Bertz CT molecular complexity index is 1020. The number of piperazine rings is 1. The van der Waals surface area contributed by atoms with Crippen LogP contribution < -0.4 is 25.6 Å². The maximum Gasteiger partial charge on any atom is 0.252 e. The van der Waals surface area contributed by atoms with E-state index in [1.54, 1.807) is 19.2 Å². The monoisotopic (exact) mass is 452 g/mol. The number of rotatable bonds is 4. The van der Waals surface area contributed by atoms with E-state index in [2.05, 4.69) is 16.0 Å². The number of carbonyl (C=O) groups excluding carboxylic acids is 2. The first-order chi connectivity index (χ1) is 14.3. The van der Waals surface area contributed by atoms with Gasteiger partial charge in [-0.25, -0.2) is 4.39 Å². The molecular formula is C20H19Cl2FN4O3. The molecule has 1 fully saturated rings. The van der Waals surface area contributed by atoms with Gasteiger partial charge in [-0.1, -0.05) is 29.3 Å². The molecule has 1 saturated heterocycles. The normalized spacial score (nSPS) is 21.3. The summed E-state index contributed by atoms with van der Waals surface area (Å²) in [5.41, 5.74) is 1.27. The second kappa shape index (κ2) is 8.39. The lowest BCUT2D eigenvalue weighted by atomic mass is 9.96. The molecule has 2 amide bonds. The van der Waals surface area contributed by atoms with E-state index in [1.807, 2.05) is 0 Å². The molecule has 0 spiro atoms. The highest BCUT2D eigenvalue weighted by Gasteiger charge is 2.36. The van der Waals surface area contributed by atoms with Crippen LogP contribution in [0, 0.1) is 5.82 Å². The fourth-order valence-electron chi connectivity index (χ4n) is 3.60. The average molecular weight is 453 g/mol. The quantitative estimate of drug-likeness (QED) is 0.663. The number of anilines is 1. The molecule has 2 aromatic carbocycles. The standard InChI is InChI=1S/C20H19Cl2FN4O3/c1-27-16-10(8-14(20(27)29)26-18-19(28)25-7-6-24-18)2-4-13(22)17(16)30-15-9-11(23)3-5-12(15)21/h2-5,9,14,18,24,26H,6-8H2,1H3,(H,25,28)/t14-,18?/m1/s1. The first-order valence-electron chi connectivity index (χ1n) is 9.34. The molecule has 2 heterocycles. The summed E-state index contributed by atoms with van der Waals surface area (Å²) < 4.78 is 19.5. The number of amides is 2. The highest BCUT2D eigenvalue weighted by Crippen LogP contribution is 2.44. The van der Waals surface area contributed by atoms with Gasteiger partial charge in [-0.3, -0.25) is 20.2 Å². The highest BCUT2D eigenvalue weighted by atomic mass is 35.5. The van der Waals surface area contributed by atoms with Crippen LogP contribution in [0.1, 0.15) is 5.56 Å². The van der Waals surface area contributed by atoms with Gasteiger partial charge in [0, 0.05) is 26.2 Å². The van der Waals surface area contributed by atoms with Crippen molar-refractivity contribution in [2.75, 3.05) is 25.0 Å². The van der Waals surface area contributed by atoms with Gasteiger partial charge in [0.2, 0.25) is 5.91 Å². The average Bonchev–Trinajstić information content (AvgIpc) is 2.72. The molecule has 2 aromatic rings. The van der Waals surface area contributed by atoms with Gasteiger partial charge in [0.1, 0.15) is 17.7 Å². The van der Waals surface area contributed by atoms with Gasteiger partial charge in [-0.05, 0) is 30.2 Å². The molecule has 30 heavy (non-hydrogen) atoms. The predicted molar refractivity (Wildman–Crippen MR) is 112 cm³/mol. The number of carbonyl (C=O) groups is 2. The van der Waals surface area contributed by atoms with Crippen LogP contribution in [0.5, 0.6) is 11.5 Å². The SMILES string of the molecule is CN1C(=O)[C@H](NC2NCCNC2=O)Cc2ccc(Cl)c(Oc3cc(F)ccc3Cl)c21. The largest absolute Gasteiger partial charge is 0.452 e. The van der Waals surface area contributed by atoms with Crippen molar-refractivity contribution in [3.63, 3.8) is 0 Å². The Morgan fingerprint density at radius 3 is 2.70 bits per heavy atom. The number of fused-ring (bicyclic) bond motifs is 1. The first-order valence-corrected chi connectivity index (χ1v) is 10.1. The van der Waals surface area contributed by atoms with Gasteiger partial charge >= 0.3 is 0 Å². The van der Waals surface area contributed by atoms with E-state index < -0.39 is 18.0 Å².